The van der Waals surface area contributed by atoms with Gasteiger partial charge >= 0.3 is 5.97 Å². The Morgan fingerprint density at radius 2 is 1.85 bits per heavy atom. The molecule has 2 aromatic carbocycles. The summed E-state index contributed by atoms with van der Waals surface area (Å²) in [6.45, 7) is 1.60. The van der Waals surface area contributed by atoms with Crippen LogP contribution >= 0.6 is 0 Å². The highest BCUT2D eigenvalue weighted by atomic mass is 32.2. The Bertz CT molecular complexity index is 912. The van der Waals surface area contributed by atoms with Crippen molar-refractivity contribution in [1.82, 2.24) is 4.31 Å². The highest BCUT2D eigenvalue weighted by Gasteiger charge is 2.20. The number of carbonyl (C=O) groups is 1. The van der Waals surface area contributed by atoms with Crippen molar-refractivity contribution < 1.29 is 27.1 Å². The van der Waals surface area contributed by atoms with Crippen LogP contribution in [0.3, 0.4) is 0 Å². The van der Waals surface area contributed by atoms with E-state index in [1.54, 1.807) is 13.0 Å². The third kappa shape index (κ3) is 4.20. The second-order valence-electron chi connectivity index (χ2n) is 5.76. The lowest BCUT2D eigenvalue weighted by Crippen LogP contribution is -2.22. The molecule has 0 fully saturated rings. The normalized spacial score (nSPS) is 12.7. The molecule has 0 N–H and O–H groups in total. The standard InChI is InChI=1S/C18H20FNO5S/c1-12(13-8-9-17(24-4)16(19)11-13)25-18(21)14-6-5-7-15(10-14)26(22,23)20(2)3/h5-12H,1-4H3/t12-/m1/s1. The van der Waals surface area contributed by atoms with E-state index in [2.05, 4.69) is 0 Å². The number of carbonyl (C=O) groups excluding carboxylic acids is 1. The van der Waals surface area contributed by atoms with Gasteiger partial charge in [0.05, 0.1) is 17.6 Å². The molecule has 0 aromatic heterocycles. The first-order valence-corrected chi connectivity index (χ1v) is 9.18. The van der Waals surface area contributed by atoms with E-state index in [1.165, 1.54) is 57.6 Å². The molecular formula is C18H20FNO5S. The molecule has 0 amide bonds. The van der Waals surface area contributed by atoms with E-state index in [0.717, 1.165) is 4.31 Å². The van der Waals surface area contributed by atoms with Crippen LogP contribution in [-0.4, -0.2) is 39.9 Å². The Morgan fingerprint density at radius 3 is 2.42 bits per heavy atom. The van der Waals surface area contributed by atoms with Gasteiger partial charge in [0.15, 0.2) is 11.6 Å². The molecule has 0 spiro atoms. The van der Waals surface area contributed by atoms with Crippen molar-refractivity contribution >= 4 is 16.0 Å². The third-order valence-corrected chi connectivity index (χ3v) is 5.59. The van der Waals surface area contributed by atoms with Crippen molar-refractivity contribution in [1.29, 1.82) is 0 Å². The van der Waals surface area contributed by atoms with E-state index < -0.39 is 27.9 Å². The molecule has 26 heavy (non-hydrogen) atoms. The first-order valence-electron chi connectivity index (χ1n) is 7.74. The fourth-order valence-corrected chi connectivity index (χ4v) is 3.17. The lowest BCUT2D eigenvalue weighted by Gasteiger charge is -2.15. The van der Waals surface area contributed by atoms with Crippen LogP contribution < -0.4 is 4.74 Å². The minimum atomic E-state index is -3.66. The largest absolute Gasteiger partial charge is 0.494 e. The number of nitrogens with zero attached hydrogens (tertiary/aromatic N) is 1. The van der Waals surface area contributed by atoms with Gasteiger partial charge in [-0.2, -0.15) is 0 Å². The van der Waals surface area contributed by atoms with E-state index in [1.807, 2.05) is 0 Å². The second-order valence-corrected chi connectivity index (χ2v) is 7.91. The number of rotatable bonds is 6. The van der Waals surface area contributed by atoms with Crippen LogP contribution in [0, 0.1) is 5.82 Å². The zero-order valence-corrected chi connectivity index (χ0v) is 15.7. The fraction of sp³-hybridized carbons (Fsp3) is 0.278. The minimum Gasteiger partial charge on any atom is -0.494 e. The number of sulfonamides is 1. The van der Waals surface area contributed by atoms with Gasteiger partial charge in [-0.25, -0.2) is 21.9 Å². The predicted molar refractivity (Wildman–Crippen MR) is 94.1 cm³/mol. The number of ether oxygens (including phenoxy) is 2. The first-order chi connectivity index (χ1) is 12.2. The molecule has 6 nitrogen and oxygen atoms in total. The van der Waals surface area contributed by atoms with E-state index >= 15 is 0 Å². The fourth-order valence-electron chi connectivity index (χ4n) is 2.23. The number of hydrogen-bond acceptors (Lipinski definition) is 5. The lowest BCUT2D eigenvalue weighted by molar-refractivity contribution is 0.0337. The lowest BCUT2D eigenvalue weighted by atomic mass is 10.1. The summed E-state index contributed by atoms with van der Waals surface area (Å²) < 4.78 is 49.4. The maximum atomic E-state index is 13.8. The van der Waals surface area contributed by atoms with Gasteiger partial charge in [-0.3, -0.25) is 0 Å². The molecule has 0 saturated carbocycles. The van der Waals surface area contributed by atoms with Crippen molar-refractivity contribution in [3.8, 4) is 5.75 Å². The van der Waals surface area contributed by atoms with Gasteiger partial charge in [-0.1, -0.05) is 12.1 Å². The predicted octanol–water partition coefficient (Wildman–Crippen LogP) is 3.00. The SMILES string of the molecule is COc1ccc([C@@H](C)OC(=O)c2cccc(S(=O)(=O)N(C)C)c2)cc1F. The molecule has 1 atom stereocenters. The summed E-state index contributed by atoms with van der Waals surface area (Å²) >= 11 is 0. The maximum Gasteiger partial charge on any atom is 0.338 e. The highest BCUT2D eigenvalue weighted by Crippen LogP contribution is 2.25. The van der Waals surface area contributed by atoms with Crippen LogP contribution in [0.15, 0.2) is 47.4 Å². The summed E-state index contributed by atoms with van der Waals surface area (Å²) in [4.78, 5) is 12.3. The molecule has 8 heteroatoms. The van der Waals surface area contributed by atoms with Crippen LogP contribution in [0.5, 0.6) is 5.75 Å². The summed E-state index contributed by atoms with van der Waals surface area (Å²) in [5, 5.41) is 0. The number of halogens is 1. The quantitative estimate of drug-likeness (QED) is 0.719. The molecule has 0 aliphatic carbocycles. The van der Waals surface area contributed by atoms with Crippen LogP contribution in [-0.2, 0) is 14.8 Å². The maximum absolute atomic E-state index is 13.8. The van der Waals surface area contributed by atoms with Gasteiger partial charge in [0.25, 0.3) is 0 Å². The van der Waals surface area contributed by atoms with Gasteiger partial charge in [0.1, 0.15) is 6.10 Å². The average Bonchev–Trinajstić information content (AvgIpc) is 2.61. The number of methoxy groups -OCH3 is 1. The van der Waals surface area contributed by atoms with Crippen LogP contribution in [0.25, 0.3) is 0 Å². The Kier molecular flexibility index (Phi) is 5.99. The summed E-state index contributed by atoms with van der Waals surface area (Å²) in [5.74, 6) is -1.18. The first kappa shape index (κ1) is 19.9. The Hall–Kier alpha value is -2.45. The van der Waals surface area contributed by atoms with Gasteiger partial charge in [0, 0.05) is 14.1 Å². The molecule has 0 heterocycles. The van der Waals surface area contributed by atoms with Crippen LogP contribution in [0.1, 0.15) is 28.9 Å². The van der Waals surface area contributed by atoms with Gasteiger partial charge in [-0.05, 0) is 42.8 Å². The van der Waals surface area contributed by atoms with Crippen LogP contribution in [0.2, 0.25) is 0 Å². The molecule has 0 radical (unpaired) electrons. The van der Waals surface area contributed by atoms with Gasteiger partial charge in [0.2, 0.25) is 10.0 Å². The van der Waals surface area contributed by atoms with Gasteiger partial charge in [-0.15, -0.1) is 0 Å². The van der Waals surface area contributed by atoms with Crippen molar-refractivity contribution in [3.05, 3.63) is 59.4 Å². The summed E-state index contributed by atoms with van der Waals surface area (Å²) in [5.41, 5.74) is 0.544. The average molecular weight is 381 g/mol. The summed E-state index contributed by atoms with van der Waals surface area (Å²) in [6.07, 6.45) is -0.725. The number of hydrogen-bond donors (Lipinski definition) is 0. The second kappa shape index (κ2) is 7.84. The van der Waals surface area contributed by atoms with E-state index in [9.17, 15) is 17.6 Å². The molecule has 0 aliphatic heterocycles. The molecule has 2 aromatic rings. The third-order valence-electron chi connectivity index (χ3n) is 3.78. The molecule has 0 aliphatic rings. The minimum absolute atomic E-state index is 0.0138. The summed E-state index contributed by atoms with van der Waals surface area (Å²) in [6, 6.07) is 9.83. The zero-order valence-electron chi connectivity index (χ0n) is 14.9. The Morgan fingerprint density at radius 1 is 1.15 bits per heavy atom. The van der Waals surface area contributed by atoms with Gasteiger partial charge < -0.3 is 9.47 Å². The highest BCUT2D eigenvalue weighted by molar-refractivity contribution is 7.89. The molecule has 2 rings (SSSR count). The molecule has 0 unspecified atom stereocenters. The zero-order chi connectivity index (χ0) is 19.5. The molecule has 0 saturated heterocycles. The smallest absolute Gasteiger partial charge is 0.338 e. The van der Waals surface area contributed by atoms with Crippen molar-refractivity contribution in [2.75, 3.05) is 21.2 Å². The van der Waals surface area contributed by atoms with Crippen molar-refractivity contribution in [2.45, 2.75) is 17.9 Å². The van der Waals surface area contributed by atoms with E-state index in [0.29, 0.717) is 5.56 Å². The topological polar surface area (TPSA) is 72.9 Å². The Labute approximate surface area is 152 Å². The van der Waals surface area contributed by atoms with E-state index in [4.69, 9.17) is 9.47 Å². The van der Waals surface area contributed by atoms with Crippen LogP contribution in [0.4, 0.5) is 4.39 Å². The Balaban J connectivity index is 2.21. The summed E-state index contributed by atoms with van der Waals surface area (Å²) in [7, 11) is 0.499. The van der Waals surface area contributed by atoms with Crippen molar-refractivity contribution in [3.63, 3.8) is 0 Å². The molecular weight excluding hydrogens is 361 g/mol. The molecule has 140 valence electrons. The van der Waals surface area contributed by atoms with Crippen molar-refractivity contribution in [2.24, 2.45) is 0 Å². The van der Waals surface area contributed by atoms with E-state index in [-0.39, 0.29) is 16.2 Å². The monoisotopic (exact) mass is 381 g/mol. The number of esters is 1. The number of benzene rings is 2. The molecule has 0 bridgehead atoms.